The second-order valence-electron chi connectivity index (χ2n) is 6.00. The van der Waals surface area contributed by atoms with Gasteiger partial charge in [-0.1, -0.05) is 25.8 Å². The van der Waals surface area contributed by atoms with Gasteiger partial charge in [0, 0.05) is 12.5 Å². The summed E-state index contributed by atoms with van der Waals surface area (Å²) in [6.07, 6.45) is 4.55. The first-order chi connectivity index (χ1) is 11.1. The minimum absolute atomic E-state index is 0.00381. The Morgan fingerprint density at radius 1 is 1.26 bits per heavy atom. The number of ketones is 1. The number of hydrogen-bond donors (Lipinski definition) is 1. The van der Waals surface area contributed by atoms with Gasteiger partial charge >= 0.3 is 5.97 Å². The molecule has 0 unspecified atom stereocenters. The van der Waals surface area contributed by atoms with Crippen molar-refractivity contribution < 1.29 is 19.1 Å². The fourth-order valence-corrected chi connectivity index (χ4v) is 3.47. The summed E-state index contributed by atoms with van der Waals surface area (Å²) in [6, 6.07) is 3.71. The maximum atomic E-state index is 11.8. The molecule has 1 aliphatic rings. The summed E-state index contributed by atoms with van der Waals surface area (Å²) < 4.78 is 4.95. The van der Waals surface area contributed by atoms with E-state index < -0.39 is 5.97 Å². The molecule has 1 aromatic rings. The van der Waals surface area contributed by atoms with Crippen LogP contribution in [-0.4, -0.2) is 30.3 Å². The lowest BCUT2D eigenvalue weighted by Gasteiger charge is -2.29. The largest absolute Gasteiger partial charge is 0.456 e. The van der Waals surface area contributed by atoms with Gasteiger partial charge in [-0.15, -0.1) is 11.3 Å². The Balaban J connectivity index is 1.63. The van der Waals surface area contributed by atoms with Crippen molar-refractivity contribution in [3.8, 4) is 0 Å². The highest BCUT2D eigenvalue weighted by Crippen LogP contribution is 2.23. The Labute approximate surface area is 140 Å². The van der Waals surface area contributed by atoms with Crippen molar-refractivity contribution in [2.75, 3.05) is 6.61 Å². The van der Waals surface area contributed by atoms with Gasteiger partial charge in [0.05, 0.1) is 11.3 Å². The standard InChI is InChI=1S/C17H23NO4S/c1-12-5-2-3-6-13(12)18-16(20)11-22-17(21)9-8-14(19)15-7-4-10-23-15/h4,7,10,12-13H,2-3,5-6,8-9,11H2,1H3,(H,18,20)/t12-,13-/m1/s1. The van der Waals surface area contributed by atoms with Crippen LogP contribution in [0.25, 0.3) is 0 Å². The van der Waals surface area contributed by atoms with E-state index in [1.165, 1.54) is 17.8 Å². The van der Waals surface area contributed by atoms with Crippen molar-refractivity contribution >= 4 is 29.0 Å². The molecule has 23 heavy (non-hydrogen) atoms. The summed E-state index contributed by atoms with van der Waals surface area (Å²) in [5, 5.41) is 4.75. The first kappa shape index (κ1) is 17.7. The topological polar surface area (TPSA) is 72.5 Å². The van der Waals surface area contributed by atoms with Crippen LogP contribution in [0.1, 0.15) is 55.1 Å². The molecule has 5 nitrogen and oxygen atoms in total. The lowest BCUT2D eigenvalue weighted by molar-refractivity contribution is -0.148. The second kappa shape index (κ2) is 8.82. The van der Waals surface area contributed by atoms with Gasteiger partial charge in [-0.2, -0.15) is 0 Å². The Morgan fingerprint density at radius 3 is 2.74 bits per heavy atom. The average molecular weight is 337 g/mol. The monoisotopic (exact) mass is 337 g/mol. The predicted molar refractivity (Wildman–Crippen MR) is 88.4 cm³/mol. The summed E-state index contributed by atoms with van der Waals surface area (Å²) >= 11 is 1.35. The van der Waals surface area contributed by atoms with Gasteiger partial charge in [-0.05, 0) is 30.2 Å². The second-order valence-corrected chi connectivity index (χ2v) is 6.94. The van der Waals surface area contributed by atoms with Gasteiger partial charge < -0.3 is 10.1 Å². The van der Waals surface area contributed by atoms with Crippen LogP contribution in [0.2, 0.25) is 0 Å². The third-order valence-electron chi connectivity index (χ3n) is 4.17. The number of thiophene rings is 1. The van der Waals surface area contributed by atoms with Gasteiger partial charge in [-0.25, -0.2) is 0 Å². The van der Waals surface area contributed by atoms with Crippen LogP contribution >= 0.6 is 11.3 Å². The van der Waals surface area contributed by atoms with E-state index in [2.05, 4.69) is 12.2 Å². The molecule has 1 amide bonds. The van der Waals surface area contributed by atoms with E-state index in [9.17, 15) is 14.4 Å². The number of Topliss-reactive ketones (excluding diaryl/α,β-unsaturated/α-hetero) is 1. The zero-order chi connectivity index (χ0) is 16.7. The minimum Gasteiger partial charge on any atom is -0.456 e. The average Bonchev–Trinajstić information content (AvgIpc) is 3.07. The van der Waals surface area contributed by atoms with E-state index >= 15 is 0 Å². The Morgan fingerprint density at radius 2 is 2.04 bits per heavy atom. The van der Waals surface area contributed by atoms with Crippen LogP contribution < -0.4 is 5.32 Å². The zero-order valence-corrected chi connectivity index (χ0v) is 14.2. The zero-order valence-electron chi connectivity index (χ0n) is 13.4. The van der Waals surface area contributed by atoms with E-state index in [4.69, 9.17) is 4.74 Å². The van der Waals surface area contributed by atoms with Gasteiger partial charge in [0.15, 0.2) is 12.4 Å². The lowest BCUT2D eigenvalue weighted by Crippen LogP contribution is -2.42. The van der Waals surface area contributed by atoms with E-state index in [-0.39, 0.29) is 37.2 Å². The fraction of sp³-hybridized carbons (Fsp3) is 0.588. The molecule has 2 rings (SSSR count). The molecule has 0 spiro atoms. The third-order valence-corrected chi connectivity index (χ3v) is 5.09. The minimum atomic E-state index is -0.512. The van der Waals surface area contributed by atoms with Crippen molar-refractivity contribution in [3.05, 3.63) is 22.4 Å². The molecule has 6 heteroatoms. The van der Waals surface area contributed by atoms with Crippen molar-refractivity contribution in [1.82, 2.24) is 5.32 Å². The van der Waals surface area contributed by atoms with Crippen LogP contribution in [0.5, 0.6) is 0 Å². The van der Waals surface area contributed by atoms with Crippen LogP contribution in [0.3, 0.4) is 0 Å². The Bertz CT molecular complexity index is 541. The number of carbonyl (C=O) groups excluding carboxylic acids is 3. The van der Waals surface area contributed by atoms with Gasteiger partial charge in [-0.3, -0.25) is 14.4 Å². The molecule has 1 saturated carbocycles. The number of amides is 1. The number of ether oxygens (including phenoxy) is 1. The summed E-state index contributed by atoms with van der Waals surface area (Å²) in [5.74, 6) is -0.382. The quantitative estimate of drug-likeness (QED) is 0.613. The van der Waals surface area contributed by atoms with Gasteiger partial charge in [0.25, 0.3) is 5.91 Å². The number of carbonyl (C=O) groups is 3. The molecule has 1 aromatic heterocycles. The van der Waals surface area contributed by atoms with Crippen LogP contribution in [0.15, 0.2) is 17.5 Å². The van der Waals surface area contributed by atoms with Crippen LogP contribution in [0.4, 0.5) is 0 Å². The van der Waals surface area contributed by atoms with Gasteiger partial charge in [0.1, 0.15) is 0 Å². The summed E-state index contributed by atoms with van der Waals surface area (Å²) in [6.45, 7) is 1.86. The van der Waals surface area contributed by atoms with E-state index in [0.717, 1.165) is 19.3 Å². The molecular weight excluding hydrogens is 314 g/mol. The van der Waals surface area contributed by atoms with Crippen molar-refractivity contribution in [1.29, 1.82) is 0 Å². The maximum Gasteiger partial charge on any atom is 0.306 e. The Kier molecular flexibility index (Phi) is 6.77. The van der Waals surface area contributed by atoms with Crippen LogP contribution in [0, 0.1) is 5.92 Å². The van der Waals surface area contributed by atoms with Crippen molar-refractivity contribution in [2.45, 2.75) is 51.5 Å². The van der Waals surface area contributed by atoms with Gasteiger partial charge in [0.2, 0.25) is 0 Å². The highest BCUT2D eigenvalue weighted by atomic mass is 32.1. The molecule has 1 aliphatic carbocycles. The molecule has 2 atom stereocenters. The fourth-order valence-electron chi connectivity index (χ4n) is 2.77. The first-order valence-electron chi connectivity index (χ1n) is 8.08. The van der Waals surface area contributed by atoms with E-state index in [0.29, 0.717) is 10.8 Å². The highest BCUT2D eigenvalue weighted by molar-refractivity contribution is 7.12. The molecule has 1 fully saturated rings. The number of rotatable bonds is 7. The number of esters is 1. The Hall–Kier alpha value is -1.69. The molecular formula is C17H23NO4S. The highest BCUT2D eigenvalue weighted by Gasteiger charge is 2.23. The molecule has 0 saturated heterocycles. The molecule has 1 heterocycles. The number of nitrogens with one attached hydrogen (secondary N) is 1. The predicted octanol–water partition coefficient (Wildman–Crippen LogP) is 2.95. The maximum absolute atomic E-state index is 11.8. The summed E-state index contributed by atoms with van der Waals surface area (Å²) in [4.78, 5) is 35.9. The van der Waals surface area contributed by atoms with E-state index in [1.54, 1.807) is 12.1 Å². The van der Waals surface area contributed by atoms with E-state index in [1.807, 2.05) is 5.38 Å². The first-order valence-corrected chi connectivity index (χ1v) is 8.96. The molecule has 1 N–H and O–H groups in total. The summed E-state index contributed by atoms with van der Waals surface area (Å²) in [7, 11) is 0. The smallest absolute Gasteiger partial charge is 0.306 e. The van der Waals surface area contributed by atoms with Crippen molar-refractivity contribution in [2.24, 2.45) is 5.92 Å². The number of hydrogen-bond acceptors (Lipinski definition) is 5. The van der Waals surface area contributed by atoms with Crippen molar-refractivity contribution in [3.63, 3.8) is 0 Å². The molecule has 0 radical (unpaired) electrons. The summed E-state index contributed by atoms with van der Waals surface area (Å²) in [5.41, 5.74) is 0. The molecule has 126 valence electrons. The lowest BCUT2D eigenvalue weighted by atomic mass is 9.86. The molecule has 0 aromatic carbocycles. The van der Waals surface area contributed by atoms with Crippen LogP contribution in [-0.2, 0) is 14.3 Å². The molecule has 0 aliphatic heterocycles. The third kappa shape index (κ3) is 5.78. The normalized spacial score (nSPS) is 20.7. The SMILES string of the molecule is C[C@@H]1CCCC[C@H]1NC(=O)COC(=O)CCC(=O)c1cccs1. The molecule has 0 bridgehead atoms.